The number of alkyl halides is 3. The van der Waals surface area contributed by atoms with E-state index in [4.69, 9.17) is 0 Å². The van der Waals surface area contributed by atoms with Crippen LogP contribution >= 0.6 is 0 Å². The molecular formula is C11H9F4NO3S. The Morgan fingerprint density at radius 1 is 1.20 bits per heavy atom. The van der Waals surface area contributed by atoms with E-state index in [2.05, 4.69) is 0 Å². The molecule has 1 aliphatic heterocycles. The summed E-state index contributed by atoms with van der Waals surface area (Å²) < 4.78 is 72.9. The van der Waals surface area contributed by atoms with Crippen LogP contribution in [-0.4, -0.2) is 26.1 Å². The number of amides is 1. The zero-order valence-electron chi connectivity index (χ0n) is 9.89. The van der Waals surface area contributed by atoms with Crippen molar-refractivity contribution in [3.05, 3.63) is 29.8 Å². The first-order valence-electron chi connectivity index (χ1n) is 5.51. The normalized spacial score (nSPS) is 20.5. The minimum Gasteiger partial charge on any atom is -0.310 e. The topological polar surface area (TPSA) is 54.5 Å². The number of carbonyl (C=O) groups is 1. The second kappa shape index (κ2) is 4.72. The zero-order valence-corrected chi connectivity index (χ0v) is 10.7. The molecule has 1 amide bonds. The lowest BCUT2D eigenvalue weighted by molar-refractivity contribution is -0.137. The summed E-state index contributed by atoms with van der Waals surface area (Å²) in [6, 6.07) is 4.26. The molecule has 1 heterocycles. The lowest BCUT2D eigenvalue weighted by Crippen LogP contribution is -2.29. The van der Waals surface area contributed by atoms with Crippen molar-refractivity contribution in [3.8, 4) is 0 Å². The second-order valence-electron chi connectivity index (χ2n) is 4.32. The summed E-state index contributed by atoms with van der Waals surface area (Å²) in [6.07, 6.45) is -5.35. The van der Waals surface area contributed by atoms with E-state index in [9.17, 15) is 30.3 Å². The van der Waals surface area contributed by atoms with Gasteiger partial charge in [0, 0.05) is 13.0 Å². The van der Waals surface area contributed by atoms with E-state index in [0.717, 1.165) is 18.2 Å². The highest BCUT2D eigenvalue weighted by atomic mass is 32.3. The molecule has 20 heavy (non-hydrogen) atoms. The molecule has 0 N–H and O–H groups in total. The number of carbonyl (C=O) groups excluding carboxylic acids is 1. The monoisotopic (exact) mass is 311 g/mol. The summed E-state index contributed by atoms with van der Waals surface area (Å²) in [5, 5.41) is -1.63. The van der Waals surface area contributed by atoms with Gasteiger partial charge in [0.05, 0.1) is 11.3 Å². The van der Waals surface area contributed by atoms with Crippen molar-refractivity contribution in [2.24, 2.45) is 0 Å². The van der Waals surface area contributed by atoms with Crippen LogP contribution in [-0.2, 0) is 21.2 Å². The maximum atomic E-state index is 12.9. The van der Waals surface area contributed by atoms with Crippen LogP contribution < -0.4 is 4.90 Å². The van der Waals surface area contributed by atoms with E-state index in [1.54, 1.807) is 0 Å². The molecule has 1 saturated heterocycles. The fourth-order valence-corrected chi connectivity index (χ4v) is 2.71. The third kappa shape index (κ3) is 2.77. The summed E-state index contributed by atoms with van der Waals surface area (Å²) in [5.74, 6) is -0.854. The quantitative estimate of drug-likeness (QED) is 0.621. The maximum Gasteiger partial charge on any atom is 0.418 e. The van der Waals surface area contributed by atoms with Crippen LogP contribution in [0.3, 0.4) is 0 Å². The van der Waals surface area contributed by atoms with Gasteiger partial charge in [-0.2, -0.15) is 21.6 Å². The van der Waals surface area contributed by atoms with Crippen LogP contribution in [0.4, 0.5) is 22.7 Å². The third-order valence-electron chi connectivity index (χ3n) is 2.99. The number of nitrogens with zero attached hydrogens (tertiary/aromatic N) is 1. The van der Waals surface area contributed by atoms with Gasteiger partial charge in [0.1, 0.15) is 5.25 Å². The highest BCUT2D eigenvalue weighted by Crippen LogP contribution is 2.38. The molecule has 0 radical (unpaired) electrons. The van der Waals surface area contributed by atoms with Crippen molar-refractivity contribution >= 4 is 21.8 Å². The number of anilines is 1. The van der Waals surface area contributed by atoms with Gasteiger partial charge in [-0.05, 0) is 12.1 Å². The minimum atomic E-state index is -4.97. The Labute approximate surface area is 112 Å². The predicted molar refractivity (Wildman–Crippen MR) is 62.2 cm³/mol. The molecule has 0 aromatic heterocycles. The van der Waals surface area contributed by atoms with Crippen LogP contribution in [0.2, 0.25) is 0 Å². The average Bonchev–Trinajstić information content (AvgIpc) is 2.70. The van der Waals surface area contributed by atoms with Crippen molar-refractivity contribution in [3.63, 3.8) is 0 Å². The molecule has 1 unspecified atom stereocenters. The van der Waals surface area contributed by atoms with E-state index in [1.165, 1.54) is 6.07 Å². The van der Waals surface area contributed by atoms with Gasteiger partial charge in [0.15, 0.2) is 0 Å². The van der Waals surface area contributed by atoms with Crippen LogP contribution in [0.15, 0.2) is 24.3 Å². The summed E-state index contributed by atoms with van der Waals surface area (Å²) in [4.78, 5) is 12.3. The van der Waals surface area contributed by atoms with E-state index in [0.29, 0.717) is 4.90 Å². The molecule has 9 heteroatoms. The molecule has 0 spiro atoms. The predicted octanol–water partition coefficient (Wildman–Crippen LogP) is 2.11. The summed E-state index contributed by atoms with van der Waals surface area (Å²) >= 11 is 0. The van der Waals surface area contributed by atoms with Crippen LogP contribution in [0.1, 0.15) is 12.0 Å². The largest absolute Gasteiger partial charge is 0.418 e. The summed E-state index contributed by atoms with van der Waals surface area (Å²) in [5.41, 5.74) is -1.53. The van der Waals surface area contributed by atoms with Crippen molar-refractivity contribution in [2.75, 3.05) is 11.4 Å². The molecule has 110 valence electrons. The highest BCUT2D eigenvalue weighted by molar-refractivity contribution is 7.87. The van der Waals surface area contributed by atoms with Gasteiger partial charge in [0.25, 0.3) is 0 Å². The van der Waals surface area contributed by atoms with Gasteiger partial charge in [-0.3, -0.25) is 4.79 Å². The lowest BCUT2D eigenvalue weighted by Gasteiger charge is -2.21. The maximum absolute atomic E-state index is 12.9. The Morgan fingerprint density at radius 2 is 1.80 bits per heavy atom. The Bertz CT molecular complexity index is 641. The van der Waals surface area contributed by atoms with E-state index < -0.39 is 51.8 Å². The first-order chi connectivity index (χ1) is 9.10. The van der Waals surface area contributed by atoms with E-state index in [-0.39, 0.29) is 0 Å². The molecule has 1 aromatic carbocycles. The Morgan fingerprint density at radius 3 is 2.30 bits per heavy atom. The third-order valence-corrected chi connectivity index (χ3v) is 4.10. The van der Waals surface area contributed by atoms with Gasteiger partial charge < -0.3 is 4.90 Å². The molecule has 4 nitrogen and oxygen atoms in total. The second-order valence-corrected chi connectivity index (χ2v) is 5.94. The first-order valence-corrected chi connectivity index (χ1v) is 6.95. The average molecular weight is 311 g/mol. The van der Waals surface area contributed by atoms with Gasteiger partial charge in [0.2, 0.25) is 5.91 Å². The summed E-state index contributed by atoms with van der Waals surface area (Å²) in [6.45, 7) is -0.620. The van der Waals surface area contributed by atoms with Crippen molar-refractivity contribution in [1.29, 1.82) is 0 Å². The number of halogens is 4. The van der Waals surface area contributed by atoms with Gasteiger partial charge >= 0.3 is 16.4 Å². The van der Waals surface area contributed by atoms with Crippen LogP contribution in [0.5, 0.6) is 0 Å². The van der Waals surface area contributed by atoms with Crippen LogP contribution in [0.25, 0.3) is 0 Å². The lowest BCUT2D eigenvalue weighted by atomic mass is 10.1. The Kier molecular flexibility index (Phi) is 3.49. The van der Waals surface area contributed by atoms with Gasteiger partial charge in [-0.25, -0.2) is 0 Å². The van der Waals surface area contributed by atoms with E-state index >= 15 is 0 Å². The van der Waals surface area contributed by atoms with Crippen LogP contribution in [0, 0.1) is 0 Å². The SMILES string of the molecule is O=C1CC(S(=O)(=O)F)CN1c1ccccc1C(F)(F)F. The van der Waals surface area contributed by atoms with Gasteiger partial charge in [-0.15, -0.1) is 3.89 Å². The minimum absolute atomic E-state index is 0.462. The molecule has 0 saturated carbocycles. The molecule has 1 aliphatic rings. The molecule has 1 aromatic rings. The molecule has 1 atom stereocenters. The van der Waals surface area contributed by atoms with Gasteiger partial charge in [-0.1, -0.05) is 12.1 Å². The number of benzene rings is 1. The smallest absolute Gasteiger partial charge is 0.310 e. The molecule has 2 rings (SSSR count). The number of hydrogen-bond acceptors (Lipinski definition) is 3. The fraction of sp³-hybridized carbons (Fsp3) is 0.364. The standard InChI is InChI=1S/C11H9F4NO3S/c12-11(13,14)8-3-1-2-4-9(8)16-6-7(5-10(16)17)20(15,18)19/h1-4,7H,5-6H2. The number of para-hydroxylation sites is 1. The molecule has 1 fully saturated rings. The number of hydrogen-bond donors (Lipinski definition) is 0. The first kappa shape index (κ1) is 14.8. The molecule has 0 bridgehead atoms. The van der Waals surface area contributed by atoms with Crippen molar-refractivity contribution < 1.29 is 30.3 Å². The van der Waals surface area contributed by atoms with E-state index in [1.807, 2.05) is 0 Å². The van der Waals surface area contributed by atoms with Crippen molar-refractivity contribution in [2.45, 2.75) is 17.8 Å². The van der Waals surface area contributed by atoms with Crippen molar-refractivity contribution in [1.82, 2.24) is 0 Å². The fourth-order valence-electron chi connectivity index (χ4n) is 2.04. The Hall–Kier alpha value is -1.64. The molecule has 0 aliphatic carbocycles. The Balaban J connectivity index is 2.41. The zero-order chi connectivity index (χ0) is 15.1. The number of rotatable bonds is 2. The molecular weight excluding hydrogens is 302 g/mol. The highest BCUT2D eigenvalue weighted by Gasteiger charge is 2.42. The summed E-state index contributed by atoms with van der Waals surface area (Å²) in [7, 11) is -4.97.